The van der Waals surface area contributed by atoms with Crippen molar-refractivity contribution in [3.63, 3.8) is 0 Å². The largest absolute Gasteiger partial charge is 0.384 e. The van der Waals surface area contributed by atoms with Gasteiger partial charge in [-0.1, -0.05) is 51.8 Å². The van der Waals surface area contributed by atoms with Crippen LogP contribution in [0.3, 0.4) is 0 Å². The molecule has 1 heterocycles. The van der Waals surface area contributed by atoms with Crippen molar-refractivity contribution in [2.45, 2.75) is 45.4 Å². The average Bonchev–Trinajstić information content (AvgIpc) is 2.66. The minimum atomic E-state index is 0.325. The van der Waals surface area contributed by atoms with Gasteiger partial charge in [0.25, 0.3) is 0 Å². The molecule has 2 rings (SSSR count). The third-order valence-electron chi connectivity index (χ3n) is 4.27. The van der Waals surface area contributed by atoms with Gasteiger partial charge in [-0.15, -0.1) is 0 Å². The van der Waals surface area contributed by atoms with Crippen molar-refractivity contribution >= 4 is 5.69 Å². The second-order valence-corrected chi connectivity index (χ2v) is 5.36. The Morgan fingerprint density at radius 3 is 2.88 bits per heavy atom. The highest BCUT2D eigenvalue weighted by atomic mass is 14.9. The fourth-order valence-electron chi connectivity index (χ4n) is 2.78. The van der Waals surface area contributed by atoms with E-state index < -0.39 is 0 Å². The highest BCUT2D eigenvalue weighted by molar-refractivity contribution is 5.60. The average molecular weight is 217 g/mol. The summed E-state index contributed by atoms with van der Waals surface area (Å²) >= 11 is 0. The number of benzene rings is 1. The van der Waals surface area contributed by atoms with E-state index in [0.717, 1.165) is 12.5 Å². The van der Waals surface area contributed by atoms with E-state index in [1.165, 1.54) is 30.5 Å². The molecule has 0 bridgehead atoms. The summed E-state index contributed by atoms with van der Waals surface area (Å²) in [4.78, 5) is 0. The van der Waals surface area contributed by atoms with Gasteiger partial charge in [-0.2, -0.15) is 0 Å². The van der Waals surface area contributed by atoms with Gasteiger partial charge in [0.1, 0.15) is 0 Å². The fourth-order valence-corrected chi connectivity index (χ4v) is 2.78. The molecule has 0 fully saturated rings. The highest BCUT2D eigenvalue weighted by Crippen LogP contribution is 2.43. The molecule has 88 valence electrons. The Bertz CT molecular complexity index is 358. The van der Waals surface area contributed by atoms with Crippen LogP contribution in [-0.4, -0.2) is 6.54 Å². The summed E-state index contributed by atoms with van der Waals surface area (Å²) in [5, 5.41) is 3.55. The summed E-state index contributed by atoms with van der Waals surface area (Å²) in [6.07, 6.45) is 3.98. The zero-order chi connectivity index (χ0) is 11.6. The first-order chi connectivity index (χ1) is 7.68. The molecular weight excluding hydrogens is 194 g/mol. The molecule has 0 spiro atoms. The van der Waals surface area contributed by atoms with E-state index >= 15 is 0 Å². The van der Waals surface area contributed by atoms with Crippen LogP contribution in [0.15, 0.2) is 24.3 Å². The van der Waals surface area contributed by atoms with Gasteiger partial charge in [0.15, 0.2) is 0 Å². The highest BCUT2D eigenvalue weighted by Gasteiger charge is 2.38. The van der Waals surface area contributed by atoms with Crippen LogP contribution in [0.1, 0.15) is 45.6 Å². The molecule has 0 amide bonds. The van der Waals surface area contributed by atoms with Gasteiger partial charge in [0.05, 0.1) is 0 Å². The molecule has 1 heteroatoms. The standard InChI is InChI=1S/C15H23N/c1-4-5-8-12(2)15(3)11-16-14-10-7-6-9-13(14)15/h6-7,9-10,12,16H,4-5,8,11H2,1-3H3. The van der Waals surface area contributed by atoms with E-state index in [1.807, 2.05) is 0 Å². The molecule has 1 N–H and O–H groups in total. The topological polar surface area (TPSA) is 12.0 Å². The van der Waals surface area contributed by atoms with Crippen molar-refractivity contribution in [1.29, 1.82) is 0 Å². The summed E-state index contributed by atoms with van der Waals surface area (Å²) in [5.74, 6) is 0.753. The first kappa shape index (κ1) is 11.5. The number of para-hydroxylation sites is 1. The van der Waals surface area contributed by atoms with E-state index in [4.69, 9.17) is 0 Å². The molecular formula is C15H23N. The molecule has 1 aromatic rings. The lowest BCUT2D eigenvalue weighted by Crippen LogP contribution is -2.32. The van der Waals surface area contributed by atoms with Crippen LogP contribution in [0.4, 0.5) is 5.69 Å². The van der Waals surface area contributed by atoms with Crippen molar-refractivity contribution < 1.29 is 0 Å². The number of fused-ring (bicyclic) bond motifs is 1. The predicted molar refractivity (Wildman–Crippen MR) is 71.0 cm³/mol. The van der Waals surface area contributed by atoms with E-state index in [1.54, 1.807) is 0 Å². The van der Waals surface area contributed by atoms with Crippen LogP contribution in [0.2, 0.25) is 0 Å². The van der Waals surface area contributed by atoms with Crippen molar-refractivity contribution in [3.05, 3.63) is 29.8 Å². The molecule has 1 nitrogen and oxygen atoms in total. The monoisotopic (exact) mass is 217 g/mol. The van der Waals surface area contributed by atoms with Crippen LogP contribution in [-0.2, 0) is 5.41 Å². The molecule has 0 saturated heterocycles. The molecule has 2 atom stereocenters. The van der Waals surface area contributed by atoms with Gasteiger partial charge < -0.3 is 5.32 Å². The zero-order valence-electron chi connectivity index (χ0n) is 10.7. The minimum absolute atomic E-state index is 0.325. The molecule has 0 radical (unpaired) electrons. The quantitative estimate of drug-likeness (QED) is 0.797. The van der Waals surface area contributed by atoms with Crippen molar-refractivity contribution in [2.24, 2.45) is 5.92 Å². The summed E-state index contributed by atoms with van der Waals surface area (Å²) < 4.78 is 0. The number of unbranched alkanes of at least 4 members (excludes halogenated alkanes) is 1. The molecule has 0 saturated carbocycles. The summed E-state index contributed by atoms with van der Waals surface area (Å²) in [6.45, 7) is 8.18. The minimum Gasteiger partial charge on any atom is -0.384 e. The van der Waals surface area contributed by atoms with Gasteiger partial charge in [-0.05, 0) is 24.0 Å². The lowest BCUT2D eigenvalue weighted by atomic mass is 9.72. The van der Waals surface area contributed by atoms with Crippen LogP contribution in [0.25, 0.3) is 0 Å². The normalized spacial score (nSPS) is 24.9. The number of hydrogen-bond donors (Lipinski definition) is 1. The molecule has 16 heavy (non-hydrogen) atoms. The molecule has 0 aliphatic carbocycles. The second kappa shape index (κ2) is 4.48. The van der Waals surface area contributed by atoms with Gasteiger partial charge in [0.2, 0.25) is 0 Å². The summed E-state index contributed by atoms with van der Waals surface area (Å²) in [7, 11) is 0. The fraction of sp³-hybridized carbons (Fsp3) is 0.600. The zero-order valence-corrected chi connectivity index (χ0v) is 10.7. The first-order valence-electron chi connectivity index (χ1n) is 6.52. The number of nitrogens with one attached hydrogen (secondary N) is 1. The second-order valence-electron chi connectivity index (χ2n) is 5.36. The predicted octanol–water partition coefficient (Wildman–Crippen LogP) is 4.20. The van der Waals surface area contributed by atoms with Crippen LogP contribution in [0.5, 0.6) is 0 Å². The maximum atomic E-state index is 3.55. The Morgan fingerprint density at radius 1 is 1.38 bits per heavy atom. The molecule has 1 aromatic carbocycles. The van der Waals surface area contributed by atoms with Crippen molar-refractivity contribution in [3.8, 4) is 0 Å². The maximum Gasteiger partial charge on any atom is 0.0379 e. The number of rotatable bonds is 4. The van der Waals surface area contributed by atoms with Gasteiger partial charge in [0, 0.05) is 17.6 Å². The van der Waals surface area contributed by atoms with E-state index in [-0.39, 0.29) is 0 Å². The van der Waals surface area contributed by atoms with Crippen molar-refractivity contribution in [1.82, 2.24) is 0 Å². The maximum absolute atomic E-state index is 3.55. The summed E-state index contributed by atoms with van der Waals surface area (Å²) in [5.41, 5.74) is 3.18. The Hall–Kier alpha value is -0.980. The number of anilines is 1. The Morgan fingerprint density at radius 2 is 2.12 bits per heavy atom. The van der Waals surface area contributed by atoms with E-state index in [0.29, 0.717) is 5.41 Å². The SMILES string of the molecule is CCCCC(C)C1(C)CNc2ccccc21. The third kappa shape index (κ3) is 1.83. The Kier molecular flexibility index (Phi) is 3.22. The molecule has 2 unspecified atom stereocenters. The Labute approximate surface area is 99.3 Å². The lowest BCUT2D eigenvalue weighted by molar-refractivity contribution is 0.316. The van der Waals surface area contributed by atoms with Gasteiger partial charge in [-0.3, -0.25) is 0 Å². The smallest absolute Gasteiger partial charge is 0.0379 e. The molecule has 1 aliphatic heterocycles. The van der Waals surface area contributed by atoms with Crippen LogP contribution in [0, 0.1) is 5.92 Å². The van der Waals surface area contributed by atoms with E-state index in [2.05, 4.69) is 50.4 Å². The van der Waals surface area contributed by atoms with Crippen molar-refractivity contribution in [2.75, 3.05) is 11.9 Å². The third-order valence-corrected chi connectivity index (χ3v) is 4.27. The van der Waals surface area contributed by atoms with Gasteiger partial charge >= 0.3 is 0 Å². The number of hydrogen-bond acceptors (Lipinski definition) is 1. The Balaban J connectivity index is 2.20. The molecule has 1 aliphatic rings. The van der Waals surface area contributed by atoms with Gasteiger partial charge in [-0.25, -0.2) is 0 Å². The van der Waals surface area contributed by atoms with Crippen LogP contribution >= 0.6 is 0 Å². The summed E-state index contributed by atoms with van der Waals surface area (Å²) in [6, 6.07) is 8.77. The molecule has 0 aromatic heterocycles. The van der Waals surface area contributed by atoms with E-state index in [9.17, 15) is 0 Å². The first-order valence-corrected chi connectivity index (χ1v) is 6.52. The van der Waals surface area contributed by atoms with Crippen LogP contribution < -0.4 is 5.32 Å². The lowest BCUT2D eigenvalue weighted by Gasteiger charge is -2.31.